The molecule has 0 spiro atoms. The number of aliphatic hydroxyl groups excluding tert-OH is 1. The number of aliphatic hydroxyl groups is 1. The molecule has 2 saturated heterocycles. The molecule has 2 rings (SSSR count). The lowest BCUT2D eigenvalue weighted by molar-refractivity contribution is -0.143. The smallest absolute Gasteiger partial charge is 0.325 e. The van der Waals surface area contributed by atoms with E-state index in [0.29, 0.717) is 12.8 Å². The van der Waals surface area contributed by atoms with Crippen molar-refractivity contribution in [3.8, 4) is 0 Å². The van der Waals surface area contributed by atoms with Crippen molar-refractivity contribution in [3.05, 3.63) is 0 Å². The maximum absolute atomic E-state index is 13.4. The number of carbonyl (C=O) groups is 11. The van der Waals surface area contributed by atoms with Gasteiger partial charge in [0.1, 0.15) is 36.3 Å². The van der Waals surface area contributed by atoms with Crippen molar-refractivity contribution < 1.29 is 63.0 Å². The zero-order valence-corrected chi connectivity index (χ0v) is 36.7. The van der Waals surface area contributed by atoms with E-state index in [2.05, 4.69) is 47.9 Å². The second-order valence-electron chi connectivity index (χ2n) is 16.6. The van der Waals surface area contributed by atoms with Crippen molar-refractivity contribution in [2.45, 2.75) is 135 Å². The molecule has 2 fully saturated rings. The topological polar surface area (TPSA) is 366 Å². The number of nitrogens with zero attached hydrogens (tertiary/aromatic N) is 1. The van der Waals surface area contributed by atoms with Crippen molar-refractivity contribution in [2.75, 3.05) is 32.7 Å². The van der Waals surface area contributed by atoms with Gasteiger partial charge in [0.15, 0.2) is 0 Å². The molecule has 0 aliphatic carbocycles. The standard InChI is InChI=1S/C39H65N11O13/c1-19(2)12-26(49-36(59)24(9-10-29(40)52)47-30(53)16-42-34(57)25-14-23(51)15-41-25)35(58)43-17-31(54)48-27(13-20(3)4)37(60)45-21(5)33(56)44-18-32(55)50-11-7-8-28(50)38(61)46-22(6)39(62)63/h19-28,41,51H,7-18H2,1-6H3,(H2,40,52)(H,42,57)(H,43,58)(H,44,56)(H,45,60)(H,46,61)(H,47,53)(H,48,54)(H,49,59)(H,62,63)/t21-,22-,23-,24-,25+,26-,27-,28?/m0/s1. The van der Waals surface area contributed by atoms with Gasteiger partial charge in [-0.2, -0.15) is 0 Å². The summed E-state index contributed by atoms with van der Waals surface area (Å²) in [5.41, 5.74) is 5.27. The van der Waals surface area contributed by atoms with Gasteiger partial charge in [-0.1, -0.05) is 27.7 Å². The van der Waals surface area contributed by atoms with Crippen LogP contribution in [0.1, 0.15) is 86.5 Å². The molecule has 2 aliphatic rings. The van der Waals surface area contributed by atoms with Crippen molar-refractivity contribution in [2.24, 2.45) is 17.6 Å². The number of likely N-dealkylation sites (tertiary alicyclic amines) is 1. The fourth-order valence-electron chi connectivity index (χ4n) is 6.73. The van der Waals surface area contributed by atoms with E-state index in [1.165, 1.54) is 18.7 Å². The molecule has 0 bridgehead atoms. The van der Waals surface area contributed by atoms with E-state index in [0.717, 1.165) is 0 Å². The number of hydrogen-bond donors (Lipinski definition) is 12. The van der Waals surface area contributed by atoms with Gasteiger partial charge in [0, 0.05) is 19.5 Å². The van der Waals surface area contributed by atoms with Gasteiger partial charge in [0.2, 0.25) is 59.1 Å². The van der Waals surface area contributed by atoms with Gasteiger partial charge < -0.3 is 68.7 Å². The summed E-state index contributed by atoms with van der Waals surface area (Å²) in [4.78, 5) is 141. The van der Waals surface area contributed by atoms with E-state index in [-0.39, 0.29) is 57.0 Å². The molecule has 2 heterocycles. The maximum atomic E-state index is 13.4. The minimum Gasteiger partial charge on any atom is -0.480 e. The van der Waals surface area contributed by atoms with Crippen LogP contribution in [0.5, 0.6) is 0 Å². The third kappa shape index (κ3) is 18.9. The highest BCUT2D eigenvalue weighted by Gasteiger charge is 2.36. The van der Waals surface area contributed by atoms with Gasteiger partial charge >= 0.3 is 5.97 Å². The van der Waals surface area contributed by atoms with Crippen molar-refractivity contribution >= 4 is 65.0 Å². The largest absolute Gasteiger partial charge is 0.480 e. The quantitative estimate of drug-likeness (QED) is 0.0408. The average molecular weight is 896 g/mol. The van der Waals surface area contributed by atoms with E-state index in [4.69, 9.17) is 10.8 Å². The summed E-state index contributed by atoms with van der Waals surface area (Å²) in [7, 11) is 0. The van der Waals surface area contributed by atoms with Gasteiger partial charge in [0.25, 0.3) is 0 Å². The fraction of sp³-hybridized carbons (Fsp3) is 0.718. The highest BCUT2D eigenvalue weighted by Crippen LogP contribution is 2.18. The second kappa shape index (κ2) is 25.9. The van der Waals surface area contributed by atoms with Crippen LogP contribution in [0.2, 0.25) is 0 Å². The molecule has 24 heteroatoms. The molecule has 10 amide bonds. The highest BCUT2D eigenvalue weighted by molar-refractivity contribution is 5.97. The molecular formula is C39H65N11O13. The van der Waals surface area contributed by atoms with Crippen LogP contribution in [-0.4, -0.2) is 161 Å². The summed E-state index contributed by atoms with van der Waals surface area (Å²) >= 11 is 0. The van der Waals surface area contributed by atoms with Crippen LogP contribution < -0.4 is 53.6 Å². The van der Waals surface area contributed by atoms with Crippen molar-refractivity contribution in [3.63, 3.8) is 0 Å². The van der Waals surface area contributed by atoms with Crippen LogP contribution in [-0.2, 0) is 52.7 Å². The Bertz CT molecular complexity index is 1690. The molecule has 13 N–H and O–H groups in total. The third-order valence-electron chi connectivity index (χ3n) is 10.1. The lowest BCUT2D eigenvalue weighted by Gasteiger charge is -2.26. The van der Waals surface area contributed by atoms with Gasteiger partial charge in [-0.15, -0.1) is 0 Å². The Kier molecular flexibility index (Phi) is 21.9. The maximum Gasteiger partial charge on any atom is 0.325 e. The molecule has 0 aromatic rings. The van der Waals surface area contributed by atoms with Gasteiger partial charge in [-0.25, -0.2) is 0 Å². The molecule has 0 aromatic carbocycles. The minimum atomic E-state index is -1.34. The van der Waals surface area contributed by atoms with Crippen LogP contribution in [0.4, 0.5) is 0 Å². The highest BCUT2D eigenvalue weighted by atomic mass is 16.4. The molecule has 2 aliphatic heterocycles. The van der Waals surface area contributed by atoms with E-state index >= 15 is 0 Å². The molecule has 63 heavy (non-hydrogen) atoms. The van der Waals surface area contributed by atoms with Crippen LogP contribution >= 0.6 is 0 Å². The first-order valence-electron chi connectivity index (χ1n) is 21.0. The normalized spacial score (nSPS) is 19.4. The predicted octanol–water partition coefficient (Wildman–Crippen LogP) is -5.05. The van der Waals surface area contributed by atoms with E-state index in [9.17, 15) is 57.8 Å². The van der Waals surface area contributed by atoms with Crippen molar-refractivity contribution in [1.82, 2.24) is 52.8 Å². The number of carboxylic acid groups (broad SMARTS) is 1. The summed E-state index contributed by atoms with van der Waals surface area (Å²) in [6, 6.07) is -7.67. The van der Waals surface area contributed by atoms with Crippen LogP contribution in [0.25, 0.3) is 0 Å². The zero-order valence-electron chi connectivity index (χ0n) is 36.7. The summed E-state index contributed by atoms with van der Waals surface area (Å²) < 4.78 is 0. The molecule has 0 aromatic heterocycles. The molecule has 8 atom stereocenters. The lowest BCUT2D eigenvalue weighted by atomic mass is 10.0. The summed E-state index contributed by atoms with van der Waals surface area (Å²) in [6.45, 7) is 8.56. The Morgan fingerprint density at radius 3 is 1.78 bits per heavy atom. The molecule has 1 unspecified atom stereocenters. The SMILES string of the molecule is CC(C)C[C@H](NC(=O)CNC(=O)[C@H](CC(C)C)NC(=O)[C@H](CCC(N)=O)NC(=O)CNC(=O)[C@H]1C[C@H](O)CN1)C(=O)N[C@@H](C)C(=O)NCC(=O)N1CCCC1C(=O)N[C@@H](C)C(=O)O. The van der Waals surface area contributed by atoms with Crippen LogP contribution in [0.3, 0.4) is 0 Å². The Morgan fingerprint density at radius 1 is 0.667 bits per heavy atom. The second-order valence-corrected chi connectivity index (χ2v) is 16.6. The lowest BCUT2D eigenvalue weighted by Crippen LogP contribution is -2.57. The number of rotatable bonds is 25. The molecular weight excluding hydrogens is 830 g/mol. The van der Waals surface area contributed by atoms with Gasteiger partial charge in [-0.05, 0) is 64.2 Å². The van der Waals surface area contributed by atoms with E-state index < -0.39 is 133 Å². The number of nitrogens with two attached hydrogens (primary N) is 1. The Labute approximate surface area is 365 Å². The number of β-amino-alcohol motifs (C(OH)–C–C–N with tert-alkyl or cyclic N) is 1. The summed E-state index contributed by atoms with van der Waals surface area (Å²) in [5, 5.41) is 41.2. The Balaban J connectivity index is 1.98. The number of hydrogen-bond acceptors (Lipinski definition) is 13. The first kappa shape index (κ1) is 53.2. The number of carboxylic acids is 1. The Hall–Kier alpha value is -5.91. The minimum absolute atomic E-state index is 0.0932. The van der Waals surface area contributed by atoms with E-state index in [1.54, 1.807) is 27.7 Å². The fourth-order valence-corrected chi connectivity index (χ4v) is 6.73. The first-order chi connectivity index (χ1) is 29.5. The number of aliphatic carboxylic acids is 1. The van der Waals surface area contributed by atoms with Gasteiger partial charge in [-0.3, -0.25) is 52.7 Å². The third-order valence-corrected chi connectivity index (χ3v) is 10.1. The van der Waals surface area contributed by atoms with Crippen LogP contribution in [0.15, 0.2) is 0 Å². The summed E-state index contributed by atoms with van der Waals surface area (Å²) in [6.07, 6.45) is -0.0623. The monoisotopic (exact) mass is 895 g/mol. The number of primary amides is 1. The molecule has 0 saturated carbocycles. The Morgan fingerprint density at radius 2 is 1.22 bits per heavy atom. The average Bonchev–Trinajstić information content (AvgIpc) is 3.88. The number of amides is 10. The van der Waals surface area contributed by atoms with Crippen molar-refractivity contribution in [1.29, 1.82) is 0 Å². The van der Waals surface area contributed by atoms with E-state index in [1.807, 2.05) is 0 Å². The first-order valence-corrected chi connectivity index (χ1v) is 21.0. The summed E-state index contributed by atoms with van der Waals surface area (Å²) in [5.74, 6) is -8.66. The number of nitrogens with one attached hydrogen (secondary N) is 9. The van der Waals surface area contributed by atoms with Crippen LogP contribution in [0, 0.1) is 11.8 Å². The molecule has 0 radical (unpaired) electrons. The van der Waals surface area contributed by atoms with Gasteiger partial charge in [0.05, 0.1) is 31.8 Å². The zero-order chi connectivity index (χ0) is 47.6. The molecule has 24 nitrogen and oxygen atoms in total. The predicted molar refractivity (Wildman–Crippen MR) is 222 cm³/mol. The molecule has 354 valence electrons. The number of carbonyl (C=O) groups excluding carboxylic acids is 10.